The van der Waals surface area contributed by atoms with Gasteiger partial charge in [0.1, 0.15) is 5.60 Å². The van der Waals surface area contributed by atoms with Gasteiger partial charge in [-0.15, -0.1) is 0 Å². The predicted molar refractivity (Wildman–Crippen MR) is 76.7 cm³/mol. The minimum absolute atomic E-state index is 0.447. The summed E-state index contributed by atoms with van der Waals surface area (Å²) in [7, 11) is 0. The van der Waals surface area contributed by atoms with Crippen LogP contribution in [-0.4, -0.2) is 15.1 Å². The Labute approximate surface area is 114 Å². The lowest BCUT2D eigenvalue weighted by Gasteiger charge is -2.15. The second kappa shape index (κ2) is 5.49. The molecule has 100 valence electrons. The predicted octanol–water partition coefficient (Wildman–Crippen LogP) is 3.32. The van der Waals surface area contributed by atoms with Crippen molar-refractivity contribution in [3.8, 4) is 11.3 Å². The van der Waals surface area contributed by atoms with Crippen molar-refractivity contribution in [3.05, 3.63) is 47.9 Å². The number of nitrogens with zero attached hydrogens (tertiary/aromatic N) is 2. The molecule has 0 aliphatic carbocycles. The maximum Gasteiger partial charge on any atom is 0.159 e. The van der Waals surface area contributed by atoms with Gasteiger partial charge in [0.15, 0.2) is 5.82 Å². The van der Waals surface area contributed by atoms with Gasteiger partial charge in [-0.1, -0.05) is 37.6 Å². The summed E-state index contributed by atoms with van der Waals surface area (Å²) in [5.74, 6) is 0.447. The van der Waals surface area contributed by atoms with Crippen molar-refractivity contribution < 1.29 is 5.11 Å². The maximum atomic E-state index is 9.95. The van der Waals surface area contributed by atoms with Gasteiger partial charge >= 0.3 is 0 Å². The van der Waals surface area contributed by atoms with Gasteiger partial charge < -0.3 is 5.11 Å². The summed E-state index contributed by atoms with van der Waals surface area (Å²) in [6, 6.07) is 10.3. The molecule has 1 aromatic heterocycles. The van der Waals surface area contributed by atoms with Crippen LogP contribution in [0.4, 0.5) is 0 Å². The fourth-order valence-corrected chi connectivity index (χ4v) is 1.95. The van der Waals surface area contributed by atoms with E-state index in [4.69, 9.17) is 0 Å². The molecular weight excluding hydrogens is 236 g/mol. The van der Waals surface area contributed by atoms with E-state index < -0.39 is 5.60 Å². The zero-order valence-electron chi connectivity index (χ0n) is 11.7. The Bertz CT molecular complexity index is 541. The number of benzene rings is 1. The number of aromatic nitrogens is 2. The monoisotopic (exact) mass is 256 g/mol. The van der Waals surface area contributed by atoms with Crippen LogP contribution in [0.25, 0.3) is 11.3 Å². The summed E-state index contributed by atoms with van der Waals surface area (Å²) in [6.07, 6.45) is 3.93. The molecule has 0 aliphatic rings. The first-order valence-corrected chi connectivity index (χ1v) is 6.66. The smallest absolute Gasteiger partial charge is 0.159 e. The van der Waals surface area contributed by atoms with Crippen LogP contribution in [0.2, 0.25) is 0 Å². The van der Waals surface area contributed by atoms with E-state index in [0.29, 0.717) is 5.82 Å². The molecule has 3 heteroatoms. The number of rotatable bonds is 4. The lowest BCUT2D eigenvalue weighted by atomic mass is 10.1. The largest absolute Gasteiger partial charge is 0.382 e. The quantitative estimate of drug-likeness (QED) is 0.912. The summed E-state index contributed by atoms with van der Waals surface area (Å²) in [4.78, 5) is 8.55. The molecule has 0 aliphatic heterocycles. The van der Waals surface area contributed by atoms with E-state index in [1.54, 1.807) is 20.0 Å². The Morgan fingerprint density at radius 1 is 1.11 bits per heavy atom. The Kier molecular flexibility index (Phi) is 3.96. The number of aryl methyl sites for hydroxylation is 1. The SMILES string of the molecule is CCCc1ccc(-c2ccnc(C(C)(C)O)n2)cc1. The summed E-state index contributed by atoms with van der Waals surface area (Å²) in [5.41, 5.74) is 2.21. The summed E-state index contributed by atoms with van der Waals surface area (Å²) < 4.78 is 0. The first-order chi connectivity index (χ1) is 9.00. The van der Waals surface area contributed by atoms with Crippen LogP contribution in [0.1, 0.15) is 38.6 Å². The van der Waals surface area contributed by atoms with E-state index in [0.717, 1.165) is 24.1 Å². The molecule has 2 rings (SSSR count). The van der Waals surface area contributed by atoms with E-state index in [1.165, 1.54) is 5.56 Å². The molecule has 1 heterocycles. The minimum Gasteiger partial charge on any atom is -0.382 e. The van der Waals surface area contributed by atoms with Gasteiger partial charge in [-0.05, 0) is 31.9 Å². The molecule has 0 radical (unpaired) electrons. The van der Waals surface area contributed by atoms with Gasteiger partial charge in [-0.2, -0.15) is 0 Å². The molecule has 0 atom stereocenters. The van der Waals surface area contributed by atoms with Crippen LogP contribution < -0.4 is 0 Å². The van der Waals surface area contributed by atoms with E-state index in [1.807, 2.05) is 6.07 Å². The Morgan fingerprint density at radius 3 is 2.37 bits per heavy atom. The molecule has 0 fully saturated rings. The second-order valence-corrected chi connectivity index (χ2v) is 5.27. The molecule has 0 bridgehead atoms. The topological polar surface area (TPSA) is 46.0 Å². The van der Waals surface area contributed by atoms with Crippen molar-refractivity contribution in [2.75, 3.05) is 0 Å². The van der Waals surface area contributed by atoms with Gasteiger partial charge in [0.05, 0.1) is 5.69 Å². The molecular formula is C16H20N2O. The van der Waals surface area contributed by atoms with Crippen molar-refractivity contribution in [1.29, 1.82) is 0 Å². The van der Waals surface area contributed by atoms with Crippen molar-refractivity contribution in [1.82, 2.24) is 9.97 Å². The van der Waals surface area contributed by atoms with E-state index in [-0.39, 0.29) is 0 Å². The number of aliphatic hydroxyl groups is 1. The standard InChI is InChI=1S/C16H20N2O/c1-4-5-12-6-8-13(9-7-12)14-10-11-17-15(18-14)16(2,3)19/h6-11,19H,4-5H2,1-3H3. The number of hydrogen-bond acceptors (Lipinski definition) is 3. The van der Waals surface area contributed by atoms with Crippen LogP contribution in [0, 0.1) is 0 Å². The molecule has 0 amide bonds. The van der Waals surface area contributed by atoms with Crippen molar-refractivity contribution in [2.24, 2.45) is 0 Å². The highest BCUT2D eigenvalue weighted by molar-refractivity contribution is 5.59. The average Bonchev–Trinajstić information content (AvgIpc) is 2.39. The van der Waals surface area contributed by atoms with Crippen LogP contribution in [0.15, 0.2) is 36.5 Å². The molecule has 0 saturated heterocycles. The highest BCUT2D eigenvalue weighted by Crippen LogP contribution is 2.21. The molecule has 2 aromatic rings. The molecule has 0 saturated carbocycles. The Morgan fingerprint density at radius 2 is 1.79 bits per heavy atom. The Hall–Kier alpha value is -1.74. The first kappa shape index (κ1) is 13.7. The third-order valence-electron chi connectivity index (χ3n) is 2.99. The van der Waals surface area contributed by atoms with Gasteiger partial charge in [-0.3, -0.25) is 0 Å². The van der Waals surface area contributed by atoms with Crippen molar-refractivity contribution in [2.45, 2.75) is 39.2 Å². The fraction of sp³-hybridized carbons (Fsp3) is 0.375. The third-order valence-corrected chi connectivity index (χ3v) is 2.99. The second-order valence-electron chi connectivity index (χ2n) is 5.27. The Balaban J connectivity index is 2.31. The van der Waals surface area contributed by atoms with Gasteiger partial charge in [0.25, 0.3) is 0 Å². The molecule has 0 unspecified atom stereocenters. The lowest BCUT2D eigenvalue weighted by molar-refractivity contribution is 0.0688. The third kappa shape index (κ3) is 3.38. The summed E-state index contributed by atoms with van der Waals surface area (Å²) >= 11 is 0. The molecule has 1 aromatic carbocycles. The minimum atomic E-state index is -1.02. The number of hydrogen-bond donors (Lipinski definition) is 1. The van der Waals surface area contributed by atoms with Gasteiger partial charge in [0, 0.05) is 11.8 Å². The van der Waals surface area contributed by atoms with Crippen LogP contribution >= 0.6 is 0 Å². The molecule has 1 N–H and O–H groups in total. The van der Waals surface area contributed by atoms with Crippen molar-refractivity contribution in [3.63, 3.8) is 0 Å². The van der Waals surface area contributed by atoms with E-state index in [2.05, 4.69) is 41.2 Å². The summed E-state index contributed by atoms with van der Waals surface area (Å²) in [6.45, 7) is 5.56. The van der Waals surface area contributed by atoms with Crippen LogP contribution in [0.5, 0.6) is 0 Å². The van der Waals surface area contributed by atoms with Crippen molar-refractivity contribution >= 4 is 0 Å². The van der Waals surface area contributed by atoms with Gasteiger partial charge in [-0.25, -0.2) is 9.97 Å². The van der Waals surface area contributed by atoms with Crippen LogP contribution in [0.3, 0.4) is 0 Å². The van der Waals surface area contributed by atoms with Crippen LogP contribution in [-0.2, 0) is 12.0 Å². The van der Waals surface area contributed by atoms with E-state index >= 15 is 0 Å². The zero-order valence-corrected chi connectivity index (χ0v) is 11.7. The fourth-order valence-electron chi connectivity index (χ4n) is 1.95. The molecule has 3 nitrogen and oxygen atoms in total. The summed E-state index contributed by atoms with van der Waals surface area (Å²) in [5, 5.41) is 9.95. The first-order valence-electron chi connectivity index (χ1n) is 6.66. The lowest BCUT2D eigenvalue weighted by Crippen LogP contribution is -2.19. The highest BCUT2D eigenvalue weighted by Gasteiger charge is 2.19. The van der Waals surface area contributed by atoms with Gasteiger partial charge in [0.2, 0.25) is 0 Å². The maximum absolute atomic E-state index is 9.95. The van der Waals surface area contributed by atoms with E-state index in [9.17, 15) is 5.11 Å². The zero-order chi connectivity index (χ0) is 13.9. The molecule has 19 heavy (non-hydrogen) atoms. The molecule has 0 spiro atoms. The normalized spacial score (nSPS) is 11.6. The highest BCUT2D eigenvalue weighted by atomic mass is 16.3. The average molecular weight is 256 g/mol.